The van der Waals surface area contributed by atoms with E-state index in [1.165, 1.54) is 30.5 Å². The van der Waals surface area contributed by atoms with E-state index < -0.39 is 6.61 Å². The fraction of sp³-hybridized carbons (Fsp3) is 0.200. The number of amides is 1. The van der Waals surface area contributed by atoms with Crippen LogP contribution in [0, 0.1) is 5.82 Å². The zero-order valence-electron chi connectivity index (χ0n) is 15.1. The quantitative estimate of drug-likeness (QED) is 0.513. The first-order valence-corrected chi connectivity index (χ1v) is 9.63. The predicted molar refractivity (Wildman–Crippen MR) is 102 cm³/mol. The van der Waals surface area contributed by atoms with Crippen LogP contribution in [0.4, 0.5) is 13.2 Å². The van der Waals surface area contributed by atoms with Crippen LogP contribution < -0.4 is 10.1 Å². The SMILES string of the molecule is O=C(CSc1ncc(-c2ccc(F)cc2)o1)NCCc1ccc(OC(F)F)cc1. The Labute approximate surface area is 169 Å². The summed E-state index contributed by atoms with van der Waals surface area (Å²) in [4.78, 5) is 16.1. The Hall–Kier alpha value is -2.94. The molecule has 0 aliphatic heterocycles. The van der Waals surface area contributed by atoms with Crippen molar-refractivity contribution in [1.82, 2.24) is 10.3 Å². The van der Waals surface area contributed by atoms with Gasteiger partial charge in [-0.2, -0.15) is 8.78 Å². The molecule has 0 unspecified atom stereocenters. The van der Waals surface area contributed by atoms with Crippen molar-refractivity contribution in [3.8, 4) is 17.1 Å². The minimum Gasteiger partial charge on any atom is -0.435 e. The maximum atomic E-state index is 13.0. The zero-order valence-corrected chi connectivity index (χ0v) is 15.9. The van der Waals surface area contributed by atoms with E-state index in [0.29, 0.717) is 29.5 Å². The molecule has 3 rings (SSSR count). The van der Waals surface area contributed by atoms with Gasteiger partial charge in [-0.1, -0.05) is 23.9 Å². The highest BCUT2D eigenvalue weighted by atomic mass is 32.2. The third-order valence-electron chi connectivity index (χ3n) is 3.82. The van der Waals surface area contributed by atoms with Crippen LogP contribution in [-0.4, -0.2) is 29.8 Å². The van der Waals surface area contributed by atoms with Crippen molar-refractivity contribution in [2.75, 3.05) is 12.3 Å². The number of rotatable bonds is 9. The number of nitrogens with zero attached hydrogens (tertiary/aromatic N) is 1. The Kier molecular flexibility index (Phi) is 7.18. The standard InChI is InChI=1S/C20H17F3N2O3S/c21-15-5-3-14(4-6-15)17-11-25-20(28-17)29-12-18(26)24-10-9-13-1-7-16(8-2-13)27-19(22)23/h1-8,11,19H,9-10,12H2,(H,24,26). The van der Waals surface area contributed by atoms with Crippen molar-refractivity contribution >= 4 is 17.7 Å². The highest BCUT2D eigenvalue weighted by molar-refractivity contribution is 7.99. The molecule has 2 aromatic carbocycles. The van der Waals surface area contributed by atoms with Crippen LogP contribution >= 0.6 is 11.8 Å². The summed E-state index contributed by atoms with van der Waals surface area (Å²) in [7, 11) is 0. The number of carbonyl (C=O) groups excluding carboxylic acids is 1. The second-order valence-electron chi connectivity index (χ2n) is 5.91. The van der Waals surface area contributed by atoms with Crippen molar-refractivity contribution in [2.24, 2.45) is 0 Å². The van der Waals surface area contributed by atoms with Gasteiger partial charge in [0.25, 0.3) is 5.22 Å². The summed E-state index contributed by atoms with van der Waals surface area (Å²) in [5, 5.41) is 3.11. The van der Waals surface area contributed by atoms with Crippen molar-refractivity contribution < 1.29 is 27.1 Å². The largest absolute Gasteiger partial charge is 0.435 e. The predicted octanol–water partition coefficient (Wildman–Crippen LogP) is 4.53. The molecule has 1 amide bonds. The van der Waals surface area contributed by atoms with Gasteiger partial charge in [0.2, 0.25) is 5.91 Å². The Morgan fingerprint density at radius 2 is 1.86 bits per heavy atom. The molecule has 0 aliphatic rings. The minimum absolute atomic E-state index is 0.0927. The van der Waals surface area contributed by atoms with Crippen molar-refractivity contribution in [2.45, 2.75) is 18.3 Å². The molecule has 1 N–H and O–H groups in total. The lowest BCUT2D eigenvalue weighted by Gasteiger charge is -2.07. The lowest BCUT2D eigenvalue weighted by Crippen LogP contribution is -2.27. The number of thioether (sulfide) groups is 1. The minimum atomic E-state index is -2.85. The molecular weight excluding hydrogens is 405 g/mol. The molecule has 0 saturated carbocycles. The fourth-order valence-corrected chi connectivity index (χ4v) is 3.07. The van der Waals surface area contributed by atoms with E-state index in [-0.39, 0.29) is 23.2 Å². The first-order valence-electron chi connectivity index (χ1n) is 8.64. The third-order valence-corrected chi connectivity index (χ3v) is 4.67. The molecule has 29 heavy (non-hydrogen) atoms. The smallest absolute Gasteiger partial charge is 0.387 e. The van der Waals surface area contributed by atoms with Crippen LogP contribution in [-0.2, 0) is 11.2 Å². The van der Waals surface area contributed by atoms with E-state index in [0.717, 1.165) is 17.3 Å². The Bertz CT molecular complexity index is 931. The van der Waals surface area contributed by atoms with Crippen LogP contribution in [0.1, 0.15) is 5.56 Å². The number of benzene rings is 2. The number of aromatic nitrogens is 1. The maximum Gasteiger partial charge on any atom is 0.387 e. The number of alkyl halides is 2. The van der Waals surface area contributed by atoms with E-state index in [9.17, 15) is 18.0 Å². The molecule has 0 saturated heterocycles. The fourth-order valence-electron chi connectivity index (χ4n) is 2.43. The highest BCUT2D eigenvalue weighted by Gasteiger charge is 2.10. The molecule has 0 bridgehead atoms. The van der Waals surface area contributed by atoms with Gasteiger partial charge in [0, 0.05) is 12.1 Å². The van der Waals surface area contributed by atoms with E-state index in [4.69, 9.17) is 4.42 Å². The summed E-state index contributed by atoms with van der Waals surface area (Å²) in [6.45, 7) is -2.45. The van der Waals surface area contributed by atoms with Gasteiger partial charge in [0.05, 0.1) is 11.9 Å². The van der Waals surface area contributed by atoms with Gasteiger partial charge >= 0.3 is 6.61 Å². The third kappa shape index (κ3) is 6.56. The Balaban J connectivity index is 1.39. The van der Waals surface area contributed by atoms with Crippen LogP contribution in [0.2, 0.25) is 0 Å². The van der Waals surface area contributed by atoms with E-state index in [1.54, 1.807) is 24.3 Å². The zero-order chi connectivity index (χ0) is 20.6. The van der Waals surface area contributed by atoms with Gasteiger partial charge in [0.15, 0.2) is 5.76 Å². The molecule has 0 radical (unpaired) electrons. The summed E-state index contributed by atoms with van der Waals surface area (Å²) in [6.07, 6.45) is 2.08. The second kappa shape index (κ2) is 10.0. The molecule has 1 heterocycles. The molecule has 0 aliphatic carbocycles. The van der Waals surface area contributed by atoms with Gasteiger partial charge in [-0.25, -0.2) is 9.37 Å². The first kappa shape index (κ1) is 20.8. The van der Waals surface area contributed by atoms with Gasteiger partial charge in [-0.15, -0.1) is 0 Å². The Morgan fingerprint density at radius 1 is 1.14 bits per heavy atom. The number of oxazole rings is 1. The molecule has 3 aromatic rings. The lowest BCUT2D eigenvalue weighted by molar-refractivity contribution is -0.118. The molecule has 1 aromatic heterocycles. The highest BCUT2D eigenvalue weighted by Crippen LogP contribution is 2.25. The average Bonchev–Trinajstić information content (AvgIpc) is 3.17. The molecule has 5 nitrogen and oxygen atoms in total. The van der Waals surface area contributed by atoms with Gasteiger partial charge in [0.1, 0.15) is 11.6 Å². The van der Waals surface area contributed by atoms with Crippen molar-refractivity contribution in [1.29, 1.82) is 0 Å². The molecule has 0 fully saturated rings. The monoisotopic (exact) mass is 422 g/mol. The van der Waals surface area contributed by atoms with Crippen LogP contribution in [0.5, 0.6) is 5.75 Å². The van der Waals surface area contributed by atoms with Gasteiger partial charge < -0.3 is 14.5 Å². The van der Waals surface area contributed by atoms with Crippen LogP contribution in [0.25, 0.3) is 11.3 Å². The maximum absolute atomic E-state index is 13.0. The van der Waals surface area contributed by atoms with Gasteiger partial charge in [-0.3, -0.25) is 4.79 Å². The number of nitrogens with one attached hydrogen (secondary N) is 1. The summed E-state index contributed by atoms with van der Waals surface area (Å²) in [5.41, 5.74) is 1.58. The molecule has 0 atom stereocenters. The second-order valence-corrected chi connectivity index (χ2v) is 6.83. The number of hydrogen-bond acceptors (Lipinski definition) is 5. The van der Waals surface area contributed by atoms with Crippen molar-refractivity contribution in [3.05, 3.63) is 66.1 Å². The van der Waals surface area contributed by atoms with E-state index in [2.05, 4.69) is 15.0 Å². The lowest BCUT2D eigenvalue weighted by atomic mass is 10.1. The van der Waals surface area contributed by atoms with Crippen molar-refractivity contribution in [3.63, 3.8) is 0 Å². The normalized spacial score (nSPS) is 10.9. The number of ether oxygens (including phenoxy) is 1. The van der Waals surface area contributed by atoms with E-state index >= 15 is 0 Å². The number of carbonyl (C=O) groups is 1. The number of halogens is 3. The van der Waals surface area contributed by atoms with Crippen LogP contribution in [0.15, 0.2) is 64.4 Å². The van der Waals surface area contributed by atoms with Gasteiger partial charge in [-0.05, 0) is 48.4 Å². The Morgan fingerprint density at radius 3 is 2.55 bits per heavy atom. The molecular formula is C20H17F3N2O3S. The molecule has 9 heteroatoms. The number of hydrogen-bond donors (Lipinski definition) is 1. The first-order chi connectivity index (χ1) is 14.0. The van der Waals surface area contributed by atoms with E-state index in [1.807, 2.05) is 0 Å². The van der Waals surface area contributed by atoms with Crippen LogP contribution in [0.3, 0.4) is 0 Å². The summed E-state index contributed by atoms with van der Waals surface area (Å²) in [5.74, 6) is 0.193. The topological polar surface area (TPSA) is 64.4 Å². The summed E-state index contributed by atoms with van der Waals surface area (Å²) >= 11 is 1.15. The average molecular weight is 422 g/mol. The molecule has 152 valence electrons. The summed E-state index contributed by atoms with van der Waals surface area (Å²) < 4.78 is 47.0. The molecule has 0 spiro atoms. The summed E-state index contributed by atoms with van der Waals surface area (Å²) in [6, 6.07) is 12.1.